The second-order valence-corrected chi connectivity index (χ2v) is 5.72. The maximum absolute atomic E-state index is 8.66. The van der Waals surface area contributed by atoms with E-state index in [1.165, 1.54) is 25.1 Å². The average Bonchev–Trinajstić information content (AvgIpc) is 2.47. The van der Waals surface area contributed by atoms with Gasteiger partial charge >= 0.3 is 0 Å². The van der Waals surface area contributed by atoms with Gasteiger partial charge in [-0.15, -0.1) is 0 Å². The van der Waals surface area contributed by atoms with Crippen molar-refractivity contribution in [3.8, 4) is 0 Å². The van der Waals surface area contributed by atoms with Gasteiger partial charge in [0, 0.05) is 30.9 Å². The predicted molar refractivity (Wildman–Crippen MR) is 82.4 cm³/mol. The summed E-state index contributed by atoms with van der Waals surface area (Å²) in [5, 5.41) is 11.7. The fourth-order valence-electron chi connectivity index (χ4n) is 2.79. The summed E-state index contributed by atoms with van der Waals surface area (Å²) in [4.78, 5) is 4.67. The molecule has 2 rings (SSSR count). The number of rotatable bonds is 4. The van der Waals surface area contributed by atoms with E-state index in [2.05, 4.69) is 29.1 Å². The number of hydrogen-bond acceptors (Lipinski definition) is 4. The lowest BCUT2D eigenvalue weighted by Gasteiger charge is -2.34. The highest BCUT2D eigenvalue weighted by Gasteiger charge is 2.19. The zero-order valence-electron chi connectivity index (χ0n) is 12.3. The van der Waals surface area contributed by atoms with E-state index in [0.717, 1.165) is 24.6 Å². The summed E-state index contributed by atoms with van der Waals surface area (Å²) in [5.74, 6) is 0.957. The summed E-state index contributed by atoms with van der Waals surface area (Å²) >= 11 is 0. The van der Waals surface area contributed by atoms with Crippen molar-refractivity contribution >= 4 is 11.5 Å². The van der Waals surface area contributed by atoms with Crippen LogP contribution in [-0.2, 0) is 0 Å². The van der Waals surface area contributed by atoms with Crippen LogP contribution in [0.4, 0.5) is 5.69 Å². The first-order valence-corrected chi connectivity index (χ1v) is 7.08. The summed E-state index contributed by atoms with van der Waals surface area (Å²) in [6.07, 6.45) is 2.47. The number of anilines is 1. The first-order chi connectivity index (χ1) is 9.60. The number of nitrogens with two attached hydrogens (primary N) is 1. The van der Waals surface area contributed by atoms with Gasteiger partial charge in [-0.25, -0.2) is 0 Å². The lowest BCUT2D eigenvalue weighted by molar-refractivity contribution is 0.285. The Bertz CT molecular complexity index is 447. The van der Waals surface area contributed by atoms with Gasteiger partial charge in [0.1, 0.15) is 0 Å². The van der Waals surface area contributed by atoms with Gasteiger partial charge < -0.3 is 20.7 Å². The zero-order chi connectivity index (χ0) is 14.5. The van der Waals surface area contributed by atoms with Gasteiger partial charge in [-0.3, -0.25) is 0 Å². The standard InChI is InChI=1S/C15H24N4O/c1-18(2)11-12-7-9-19(10-8-12)14-5-3-13(4-6-14)15(16)17-20/h3-6,12,20H,7-11H2,1-2H3,(H2,16,17). The molecule has 5 nitrogen and oxygen atoms in total. The molecule has 0 atom stereocenters. The van der Waals surface area contributed by atoms with Crippen LogP contribution >= 0.6 is 0 Å². The van der Waals surface area contributed by atoms with E-state index >= 15 is 0 Å². The molecule has 3 N–H and O–H groups in total. The molecular formula is C15H24N4O. The van der Waals surface area contributed by atoms with E-state index in [-0.39, 0.29) is 5.84 Å². The molecule has 20 heavy (non-hydrogen) atoms. The van der Waals surface area contributed by atoms with Crippen molar-refractivity contribution in [3.63, 3.8) is 0 Å². The van der Waals surface area contributed by atoms with E-state index < -0.39 is 0 Å². The van der Waals surface area contributed by atoms with Gasteiger partial charge in [0.05, 0.1) is 0 Å². The monoisotopic (exact) mass is 276 g/mol. The minimum atomic E-state index is 0.154. The van der Waals surface area contributed by atoms with Crippen LogP contribution in [0.1, 0.15) is 18.4 Å². The molecule has 110 valence electrons. The summed E-state index contributed by atoms with van der Waals surface area (Å²) in [6.45, 7) is 3.37. The highest BCUT2D eigenvalue weighted by atomic mass is 16.4. The lowest BCUT2D eigenvalue weighted by atomic mass is 9.96. The predicted octanol–water partition coefficient (Wildman–Crippen LogP) is 1.56. The molecule has 0 radical (unpaired) electrons. The number of oxime groups is 1. The molecule has 1 fully saturated rings. The van der Waals surface area contributed by atoms with Crippen LogP contribution in [0.25, 0.3) is 0 Å². The molecule has 0 aromatic heterocycles. The molecule has 1 aromatic carbocycles. The van der Waals surface area contributed by atoms with Crippen LogP contribution in [0.15, 0.2) is 29.4 Å². The van der Waals surface area contributed by atoms with Crippen molar-refractivity contribution in [2.75, 3.05) is 38.6 Å². The van der Waals surface area contributed by atoms with Crippen LogP contribution < -0.4 is 10.6 Å². The number of nitrogens with zero attached hydrogens (tertiary/aromatic N) is 3. The summed E-state index contributed by atoms with van der Waals surface area (Å²) in [5.41, 5.74) is 7.53. The highest BCUT2D eigenvalue weighted by molar-refractivity contribution is 5.97. The van der Waals surface area contributed by atoms with Gasteiger partial charge in [0.15, 0.2) is 5.84 Å². The fraction of sp³-hybridized carbons (Fsp3) is 0.533. The van der Waals surface area contributed by atoms with E-state index in [1.54, 1.807) is 0 Å². The van der Waals surface area contributed by atoms with Gasteiger partial charge in [0.2, 0.25) is 0 Å². The normalized spacial score (nSPS) is 17.8. The van der Waals surface area contributed by atoms with Crippen LogP contribution in [0.3, 0.4) is 0 Å². The van der Waals surface area contributed by atoms with Gasteiger partial charge in [-0.1, -0.05) is 5.16 Å². The van der Waals surface area contributed by atoms with E-state index in [4.69, 9.17) is 10.9 Å². The molecule has 0 bridgehead atoms. The Balaban J connectivity index is 1.94. The Morgan fingerprint density at radius 3 is 2.40 bits per heavy atom. The first kappa shape index (κ1) is 14.7. The quantitative estimate of drug-likeness (QED) is 0.379. The van der Waals surface area contributed by atoms with E-state index in [0.29, 0.717) is 0 Å². The fourth-order valence-corrected chi connectivity index (χ4v) is 2.79. The number of piperidine rings is 1. The van der Waals surface area contributed by atoms with Gasteiger partial charge in [0.25, 0.3) is 0 Å². The Morgan fingerprint density at radius 2 is 1.90 bits per heavy atom. The Hall–Kier alpha value is -1.75. The topological polar surface area (TPSA) is 65.1 Å². The van der Waals surface area contributed by atoms with Crippen LogP contribution in [0.2, 0.25) is 0 Å². The molecule has 1 saturated heterocycles. The van der Waals surface area contributed by atoms with Crippen LogP contribution in [0, 0.1) is 5.92 Å². The summed E-state index contributed by atoms with van der Waals surface area (Å²) in [6, 6.07) is 7.88. The Morgan fingerprint density at radius 1 is 1.30 bits per heavy atom. The number of benzene rings is 1. The maximum Gasteiger partial charge on any atom is 0.170 e. The van der Waals surface area contributed by atoms with E-state index in [9.17, 15) is 0 Å². The van der Waals surface area contributed by atoms with Crippen LogP contribution in [0.5, 0.6) is 0 Å². The second kappa shape index (κ2) is 6.61. The minimum Gasteiger partial charge on any atom is -0.409 e. The van der Waals surface area contributed by atoms with Crippen LogP contribution in [-0.4, -0.2) is 49.7 Å². The molecule has 0 aliphatic carbocycles. The average molecular weight is 276 g/mol. The molecule has 0 spiro atoms. The number of hydrogen-bond donors (Lipinski definition) is 2. The number of amidine groups is 1. The van der Waals surface area contributed by atoms with Gasteiger partial charge in [-0.05, 0) is 57.1 Å². The molecule has 0 saturated carbocycles. The molecule has 1 aliphatic heterocycles. The molecule has 1 heterocycles. The molecule has 5 heteroatoms. The van der Waals surface area contributed by atoms with Crippen molar-refractivity contribution in [2.24, 2.45) is 16.8 Å². The van der Waals surface area contributed by atoms with E-state index in [1.807, 2.05) is 24.3 Å². The Labute approximate surface area is 120 Å². The molecule has 1 aliphatic rings. The molecular weight excluding hydrogens is 252 g/mol. The van der Waals surface area contributed by atoms with Crippen molar-refractivity contribution in [3.05, 3.63) is 29.8 Å². The smallest absolute Gasteiger partial charge is 0.170 e. The third-order valence-electron chi connectivity index (χ3n) is 3.87. The third kappa shape index (κ3) is 3.63. The SMILES string of the molecule is CN(C)CC1CCN(c2ccc(C(N)=NO)cc2)CC1. The van der Waals surface area contributed by atoms with Crippen molar-refractivity contribution in [2.45, 2.75) is 12.8 Å². The Kier molecular flexibility index (Phi) is 4.84. The largest absolute Gasteiger partial charge is 0.409 e. The summed E-state index contributed by atoms with van der Waals surface area (Å²) in [7, 11) is 4.27. The maximum atomic E-state index is 8.66. The highest BCUT2D eigenvalue weighted by Crippen LogP contribution is 2.23. The van der Waals surface area contributed by atoms with Crippen molar-refractivity contribution in [1.82, 2.24) is 4.90 Å². The third-order valence-corrected chi connectivity index (χ3v) is 3.87. The molecule has 0 unspecified atom stereocenters. The van der Waals surface area contributed by atoms with Gasteiger partial charge in [-0.2, -0.15) is 0 Å². The summed E-state index contributed by atoms with van der Waals surface area (Å²) < 4.78 is 0. The minimum absolute atomic E-state index is 0.154. The van der Waals surface area contributed by atoms with Crippen molar-refractivity contribution < 1.29 is 5.21 Å². The molecule has 1 aromatic rings. The molecule has 0 amide bonds. The second-order valence-electron chi connectivity index (χ2n) is 5.72. The lowest BCUT2D eigenvalue weighted by Crippen LogP contribution is -2.37. The zero-order valence-corrected chi connectivity index (χ0v) is 12.3. The first-order valence-electron chi connectivity index (χ1n) is 7.08. The van der Waals surface area contributed by atoms with Crippen molar-refractivity contribution in [1.29, 1.82) is 0 Å².